The van der Waals surface area contributed by atoms with Crippen LogP contribution in [-0.2, 0) is 6.54 Å². The molecule has 4 rings (SSSR count). The van der Waals surface area contributed by atoms with E-state index in [0.29, 0.717) is 30.2 Å². The van der Waals surface area contributed by atoms with Gasteiger partial charge in [-0.25, -0.2) is 4.98 Å². The normalized spacial score (nSPS) is 10.9. The summed E-state index contributed by atoms with van der Waals surface area (Å²) >= 11 is 6.58. The van der Waals surface area contributed by atoms with Crippen molar-refractivity contribution in [1.82, 2.24) is 9.55 Å². The third-order valence-electron chi connectivity index (χ3n) is 5.53. The first-order valence-corrected chi connectivity index (χ1v) is 10.6. The van der Waals surface area contributed by atoms with Crippen molar-refractivity contribution >= 4 is 28.6 Å². The third-order valence-corrected chi connectivity index (χ3v) is 5.86. The fourth-order valence-electron chi connectivity index (χ4n) is 3.88. The number of aromatic nitrogens is 2. The van der Waals surface area contributed by atoms with Gasteiger partial charge in [0.1, 0.15) is 0 Å². The first kappa shape index (κ1) is 20.9. The molecule has 5 nitrogen and oxygen atoms in total. The number of benzene rings is 3. The maximum atomic E-state index is 9.28. The van der Waals surface area contributed by atoms with Gasteiger partial charge in [0, 0.05) is 29.2 Å². The average Bonchev–Trinajstić information content (AvgIpc) is 3.10. The van der Waals surface area contributed by atoms with Crippen LogP contribution in [0.2, 0.25) is 5.02 Å². The molecule has 3 aromatic carbocycles. The Hall–Kier alpha value is -3.33. The van der Waals surface area contributed by atoms with Gasteiger partial charge in [-0.1, -0.05) is 41.9 Å². The Balaban J connectivity index is 1.96. The van der Waals surface area contributed by atoms with Crippen molar-refractivity contribution in [2.24, 2.45) is 5.73 Å². The van der Waals surface area contributed by atoms with Crippen molar-refractivity contribution in [3.63, 3.8) is 0 Å². The predicted octanol–water partition coefficient (Wildman–Crippen LogP) is 5.26. The number of anilines is 1. The van der Waals surface area contributed by atoms with Crippen molar-refractivity contribution in [3.05, 3.63) is 81.9 Å². The summed E-state index contributed by atoms with van der Waals surface area (Å²) in [4.78, 5) is 4.98. The van der Waals surface area contributed by atoms with E-state index in [-0.39, 0.29) is 0 Å². The summed E-state index contributed by atoms with van der Waals surface area (Å²) in [5.41, 5.74) is 13.7. The van der Waals surface area contributed by atoms with Gasteiger partial charge in [-0.15, -0.1) is 0 Å². The van der Waals surface area contributed by atoms with E-state index < -0.39 is 0 Å². The molecule has 156 valence electrons. The zero-order valence-electron chi connectivity index (χ0n) is 17.6. The number of hydrogen-bond acceptors (Lipinski definition) is 4. The van der Waals surface area contributed by atoms with E-state index in [0.717, 1.165) is 39.2 Å². The van der Waals surface area contributed by atoms with Crippen LogP contribution in [0.15, 0.2) is 54.6 Å². The fraction of sp³-hybridized carbons (Fsp3) is 0.200. The first-order valence-electron chi connectivity index (χ1n) is 10.2. The van der Waals surface area contributed by atoms with Crippen molar-refractivity contribution in [2.75, 3.05) is 18.4 Å². The number of nitrogens with one attached hydrogen (secondary N) is 1. The molecule has 0 amide bonds. The minimum Gasteiger partial charge on any atom is -0.354 e. The highest BCUT2D eigenvalue weighted by Gasteiger charge is 2.19. The van der Waals surface area contributed by atoms with E-state index in [1.165, 1.54) is 5.56 Å². The van der Waals surface area contributed by atoms with Gasteiger partial charge in [0.15, 0.2) is 0 Å². The molecule has 0 unspecified atom stereocenters. The van der Waals surface area contributed by atoms with Gasteiger partial charge in [-0.3, -0.25) is 0 Å². The summed E-state index contributed by atoms with van der Waals surface area (Å²) in [6.45, 7) is 5.92. The van der Waals surface area contributed by atoms with Crippen LogP contribution < -0.4 is 11.1 Å². The maximum absolute atomic E-state index is 9.28. The van der Waals surface area contributed by atoms with Gasteiger partial charge in [-0.2, -0.15) is 5.26 Å². The second kappa shape index (κ2) is 8.81. The second-order valence-corrected chi connectivity index (χ2v) is 8.00. The molecule has 0 aliphatic rings. The lowest BCUT2D eigenvalue weighted by Crippen LogP contribution is -2.16. The number of rotatable bonds is 6. The highest BCUT2D eigenvalue weighted by atomic mass is 35.5. The number of fused-ring (bicyclic) bond motifs is 1. The van der Waals surface area contributed by atoms with Gasteiger partial charge >= 0.3 is 0 Å². The minimum absolute atomic E-state index is 0.503. The number of nitrogens with zero attached hydrogens (tertiary/aromatic N) is 3. The molecule has 0 saturated carbocycles. The van der Waals surface area contributed by atoms with Gasteiger partial charge < -0.3 is 15.6 Å². The van der Waals surface area contributed by atoms with Crippen LogP contribution in [0.4, 0.5) is 5.95 Å². The predicted molar refractivity (Wildman–Crippen MR) is 127 cm³/mol. The van der Waals surface area contributed by atoms with E-state index in [1.54, 1.807) is 0 Å². The monoisotopic (exact) mass is 429 g/mol. The Labute approximate surface area is 187 Å². The summed E-state index contributed by atoms with van der Waals surface area (Å²) in [7, 11) is 0. The molecule has 0 fully saturated rings. The molecule has 1 heterocycles. The Kier molecular flexibility index (Phi) is 5.94. The zero-order valence-corrected chi connectivity index (χ0v) is 18.4. The number of hydrogen-bond donors (Lipinski definition) is 2. The third kappa shape index (κ3) is 4.00. The van der Waals surface area contributed by atoms with Crippen molar-refractivity contribution in [2.45, 2.75) is 20.4 Å². The largest absolute Gasteiger partial charge is 0.354 e. The summed E-state index contributed by atoms with van der Waals surface area (Å²) in [6.07, 6.45) is 0. The van der Waals surface area contributed by atoms with E-state index in [2.05, 4.69) is 35.9 Å². The number of imidazole rings is 1. The zero-order chi connectivity index (χ0) is 22.0. The summed E-state index contributed by atoms with van der Waals surface area (Å²) in [6, 6.07) is 19.9. The lowest BCUT2D eigenvalue weighted by atomic mass is 9.95. The van der Waals surface area contributed by atoms with Crippen LogP contribution in [-0.4, -0.2) is 22.6 Å². The number of aryl methyl sites for hydroxylation is 1. The van der Waals surface area contributed by atoms with Crippen molar-refractivity contribution < 1.29 is 0 Å². The Morgan fingerprint density at radius 3 is 2.68 bits per heavy atom. The second-order valence-electron chi connectivity index (χ2n) is 7.59. The topological polar surface area (TPSA) is 79.7 Å². The summed E-state index contributed by atoms with van der Waals surface area (Å²) in [5.74, 6) is 0.751. The SMILES string of the molecule is Cc1cc2c(nc(NCCN)n2Cc2cccc(C#N)c2)c(-c2ccccc2Cl)c1C. The van der Waals surface area contributed by atoms with E-state index in [9.17, 15) is 5.26 Å². The summed E-state index contributed by atoms with van der Waals surface area (Å²) in [5, 5.41) is 13.3. The number of halogens is 1. The first-order chi connectivity index (χ1) is 15.0. The minimum atomic E-state index is 0.503. The van der Waals surface area contributed by atoms with Crippen LogP contribution in [0.3, 0.4) is 0 Å². The lowest BCUT2D eigenvalue weighted by molar-refractivity contribution is 0.820. The quantitative estimate of drug-likeness (QED) is 0.438. The fourth-order valence-corrected chi connectivity index (χ4v) is 4.11. The van der Waals surface area contributed by atoms with Crippen molar-refractivity contribution in [3.8, 4) is 17.2 Å². The van der Waals surface area contributed by atoms with Crippen molar-refractivity contribution in [1.29, 1.82) is 5.26 Å². The van der Waals surface area contributed by atoms with Crippen LogP contribution in [0.5, 0.6) is 0 Å². The molecular weight excluding hydrogens is 406 g/mol. The summed E-state index contributed by atoms with van der Waals surface area (Å²) < 4.78 is 2.15. The highest BCUT2D eigenvalue weighted by Crippen LogP contribution is 2.38. The van der Waals surface area contributed by atoms with Crippen LogP contribution in [0.1, 0.15) is 22.3 Å². The highest BCUT2D eigenvalue weighted by molar-refractivity contribution is 6.33. The van der Waals surface area contributed by atoms with Crippen LogP contribution >= 0.6 is 11.6 Å². The average molecular weight is 430 g/mol. The van der Waals surface area contributed by atoms with E-state index >= 15 is 0 Å². The number of nitriles is 1. The van der Waals surface area contributed by atoms with Gasteiger partial charge in [0.05, 0.1) is 29.2 Å². The molecule has 6 heteroatoms. The molecule has 1 aromatic heterocycles. The number of nitrogens with two attached hydrogens (primary N) is 1. The molecule has 0 radical (unpaired) electrons. The standard InChI is InChI=1S/C25H24ClN5/c1-16-12-22-24(23(17(16)2)20-8-3-4-9-21(20)26)30-25(29-11-10-27)31(22)15-19-7-5-6-18(13-19)14-28/h3-9,12-13H,10-11,15,27H2,1-2H3,(H,29,30). The molecule has 0 bridgehead atoms. The van der Waals surface area contributed by atoms with E-state index in [4.69, 9.17) is 22.3 Å². The molecule has 4 aromatic rings. The maximum Gasteiger partial charge on any atom is 0.204 e. The molecule has 0 atom stereocenters. The molecule has 0 saturated heterocycles. The van der Waals surface area contributed by atoms with Gasteiger partial charge in [-0.05, 0) is 54.8 Å². The molecule has 0 aliphatic carbocycles. The Morgan fingerprint density at radius 1 is 1.13 bits per heavy atom. The molecule has 0 aliphatic heterocycles. The molecular formula is C25H24ClN5. The molecule has 3 N–H and O–H groups in total. The van der Waals surface area contributed by atoms with E-state index in [1.807, 2.05) is 48.5 Å². The molecule has 0 spiro atoms. The smallest absolute Gasteiger partial charge is 0.204 e. The van der Waals surface area contributed by atoms with Gasteiger partial charge in [0.25, 0.3) is 0 Å². The van der Waals surface area contributed by atoms with Gasteiger partial charge in [0.2, 0.25) is 5.95 Å². The van der Waals surface area contributed by atoms with Crippen LogP contribution in [0, 0.1) is 25.2 Å². The molecule has 31 heavy (non-hydrogen) atoms. The Bertz CT molecular complexity index is 1300. The Morgan fingerprint density at radius 2 is 1.94 bits per heavy atom. The lowest BCUT2D eigenvalue weighted by Gasteiger charge is -2.14. The van der Waals surface area contributed by atoms with Crippen LogP contribution in [0.25, 0.3) is 22.2 Å².